The molecule has 1 aliphatic rings. The zero-order valence-electron chi connectivity index (χ0n) is 18.0. The second-order valence-corrected chi connectivity index (χ2v) is 8.43. The summed E-state index contributed by atoms with van der Waals surface area (Å²) >= 11 is 0.607. The van der Waals surface area contributed by atoms with E-state index in [1.54, 1.807) is 12.1 Å². The van der Waals surface area contributed by atoms with Crippen LogP contribution in [-0.4, -0.2) is 45.6 Å². The average molecular weight is 471 g/mol. The Balaban J connectivity index is 1.75. The van der Waals surface area contributed by atoms with Crippen LogP contribution in [0.25, 0.3) is 6.08 Å². The fraction of sp³-hybridized carbons (Fsp3) is 0.227. The maximum Gasteiger partial charge on any atom is 0.315 e. The molecule has 3 amide bonds. The minimum atomic E-state index is -0.793. The fourth-order valence-corrected chi connectivity index (χ4v) is 3.91. The highest BCUT2D eigenvalue weighted by molar-refractivity contribution is 8.18. The lowest BCUT2D eigenvalue weighted by atomic mass is 10.0. The SMILES string of the molecule is COc1cc(/C=C2/SC(=O)N(CC(=O)Nc3ccc(C(C)C)cc3)C2=O)cc([N+](=O)[O-])c1O. The van der Waals surface area contributed by atoms with Gasteiger partial charge in [0.25, 0.3) is 11.1 Å². The van der Waals surface area contributed by atoms with Gasteiger partial charge in [-0.1, -0.05) is 26.0 Å². The first-order chi connectivity index (χ1) is 15.6. The number of imide groups is 1. The van der Waals surface area contributed by atoms with Gasteiger partial charge in [-0.05, 0) is 53.1 Å². The van der Waals surface area contributed by atoms with E-state index in [1.165, 1.54) is 19.3 Å². The molecular formula is C22H21N3O7S. The number of methoxy groups -OCH3 is 1. The Kier molecular flexibility index (Phi) is 7.02. The maximum absolute atomic E-state index is 12.7. The molecule has 0 radical (unpaired) electrons. The summed E-state index contributed by atoms with van der Waals surface area (Å²) in [5.74, 6) is -1.71. The van der Waals surface area contributed by atoms with Gasteiger partial charge in [-0.15, -0.1) is 0 Å². The third kappa shape index (κ3) is 5.32. The number of hydrogen-bond acceptors (Lipinski definition) is 8. The highest BCUT2D eigenvalue weighted by Crippen LogP contribution is 2.39. The molecule has 11 heteroatoms. The molecule has 0 aromatic heterocycles. The number of nitro benzene ring substituents is 1. The summed E-state index contributed by atoms with van der Waals surface area (Å²) in [5.41, 5.74) is 1.21. The molecule has 0 atom stereocenters. The Morgan fingerprint density at radius 3 is 2.52 bits per heavy atom. The number of phenolic OH excluding ortho intramolecular Hbond substituents is 1. The van der Waals surface area contributed by atoms with Gasteiger partial charge >= 0.3 is 5.69 Å². The van der Waals surface area contributed by atoms with E-state index in [2.05, 4.69) is 5.32 Å². The smallest absolute Gasteiger partial charge is 0.315 e. The van der Waals surface area contributed by atoms with Crippen LogP contribution in [0.4, 0.5) is 16.2 Å². The molecule has 172 valence electrons. The molecule has 0 bridgehead atoms. The number of rotatable bonds is 7. The van der Waals surface area contributed by atoms with Crippen LogP contribution in [-0.2, 0) is 9.59 Å². The van der Waals surface area contributed by atoms with Crippen LogP contribution in [0.1, 0.15) is 30.9 Å². The lowest BCUT2D eigenvalue weighted by molar-refractivity contribution is -0.386. The first kappa shape index (κ1) is 23.8. The molecule has 2 aromatic carbocycles. The number of carbonyl (C=O) groups excluding carboxylic acids is 3. The maximum atomic E-state index is 12.7. The number of nitrogens with one attached hydrogen (secondary N) is 1. The van der Waals surface area contributed by atoms with Gasteiger partial charge in [0.2, 0.25) is 11.7 Å². The highest BCUT2D eigenvalue weighted by Gasteiger charge is 2.36. The number of thioether (sulfide) groups is 1. The molecule has 10 nitrogen and oxygen atoms in total. The van der Waals surface area contributed by atoms with Crippen molar-refractivity contribution in [2.45, 2.75) is 19.8 Å². The van der Waals surface area contributed by atoms with Crippen LogP contribution in [0.2, 0.25) is 0 Å². The molecule has 2 aromatic rings. The van der Waals surface area contributed by atoms with Gasteiger partial charge in [0.05, 0.1) is 16.9 Å². The Bertz CT molecular complexity index is 1160. The van der Waals surface area contributed by atoms with Gasteiger partial charge in [0.15, 0.2) is 5.75 Å². The van der Waals surface area contributed by atoms with Crippen LogP contribution in [0.15, 0.2) is 41.3 Å². The largest absolute Gasteiger partial charge is 0.500 e. The zero-order chi connectivity index (χ0) is 24.3. The van der Waals surface area contributed by atoms with E-state index in [1.807, 2.05) is 26.0 Å². The Labute approximate surface area is 193 Å². The standard InChI is InChI=1S/C22H21N3O7S/c1-12(2)14-4-6-15(7-5-14)23-19(26)11-24-21(28)18(33-22(24)29)10-13-8-16(25(30)31)20(27)17(9-13)32-3/h4-10,12,27H,11H2,1-3H3,(H,23,26)/b18-10+. The van der Waals surface area contributed by atoms with Crippen molar-refractivity contribution < 1.29 is 29.2 Å². The predicted octanol–water partition coefficient (Wildman–Crippen LogP) is 4.11. The van der Waals surface area contributed by atoms with Crippen LogP contribution in [0, 0.1) is 10.1 Å². The van der Waals surface area contributed by atoms with E-state index in [0.29, 0.717) is 23.4 Å². The molecule has 1 fully saturated rings. The summed E-state index contributed by atoms with van der Waals surface area (Å²) in [6.45, 7) is 3.62. The van der Waals surface area contributed by atoms with E-state index >= 15 is 0 Å². The first-order valence-electron chi connectivity index (χ1n) is 9.81. The molecule has 0 aliphatic carbocycles. The summed E-state index contributed by atoms with van der Waals surface area (Å²) in [6.07, 6.45) is 1.27. The number of hydrogen-bond donors (Lipinski definition) is 2. The van der Waals surface area contributed by atoms with Gasteiger partial charge < -0.3 is 15.2 Å². The number of phenols is 1. The topological polar surface area (TPSA) is 139 Å². The summed E-state index contributed by atoms with van der Waals surface area (Å²) < 4.78 is 4.93. The molecule has 0 spiro atoms. The minimum Gasteiger partial charge on any atom is -0.500 e. The Hall–Kier alpha value is -3.86. The van der Waals surface area contributed by atoms with E-state index < -0.39 is 40.0 Å². The minimum absolute atomic E-state index is 0.0175. The van der Waals surface area contributed by atoms with Gasteiger partial charge in [-0.25, -0.2) is 0 Å². The van der Waals surface area contributed by atoms with Crippen molar-refractivity contribution in [2.24, 2.45) is 0 Å². The third-order valence-electron chi connectivity index (χ3n) is 4.83. The van der Waals surface area contributed by atoms with Gasteiger partial charge in [-0.2, -0.15) is 0 Å². The van der Waals surface area contributed by atoms with E-state index in [9.17, 15) is 29.6 Å². The second kappa shape index (κ2) is 9.74. The molecule has 0 saturated carbocycles. The molecule has 1 heterocycles. The molecule has 33 heavy (non-hydrogen) atoms. The van der Waals surface area contributed by atoms with Crippen molar-refractivity contribution in [3.8, 4) is 11.5 Å². The molecule has 2 N–H and O–H groups in total. The number of ether oxygens (including phenoxy) is 1. The van der Waals surface area contributed by atoms with Crippen LogP contribution >= 0.6 is 11.8 Å². The lowest BCUT2D eigenvalue weighted by Crippen LogP contribution is -2.36. The van der Waals surface area contributed by atoms with Crippen molar-refractivity contribution in [1.29, 1.82) is 0 Å². The first-order valence-corrected chi connectivity index (χ1v) is 10.6. The van der Waals surface area contributed by atoms with Crippen molar-refractivity contribution in [3.05, 3.63) is 62.5 Å². The van der Waals surface area contributed by atoms with Crippen LogP contribution in [0.5, 0.6) is 11.5 Å². The van der Waals surface area contributed by atoms with Crippen molar-refractivity contribution >= 4 is 46.3 Å². The molecular weight excluding hydrogens is 450 g/mol. The quantitative estimate of drug-likeness (QED) is 0.349. The highest BCUT2D eigenvalue weighted by atomic mass is 32.2. The number of benzene rings is 2. The third-order valence-corrected chi connectivity index (χ3v) is 5.74. The summed E-state index contributed by atoms with van der Waals surface area (Å²) in [6, 6.07) is 9.60. The fourth-order valence-electron chi connectivity index (χ4n) is 3.08. The summed E-state index contributed by atoms with van der Waals surface area (Å²) in [4.78, 5) is 48.5. The zero-order valence-corrected chi connectivity index (χ0v) is 18.8. The number of amides is 3. The average Bonchev–Trinajstić information content (AvgIpc) is 3.02. The molecule has 0 unspecified atom stereocenters. The normalized spacial score (nSPS) is 14.8. The van der Waals surface area contributed by atoms with E-state index in [-0.39, 0.29) is 16.2 Å². The van der Waals surface area contributed by atoms with Gasteiger partial charge in [0, 0.05) is 11.8 Å². The Morgan fingerprint density at radius 1 is 1.27 bits per heavy atom. The van der Waals surface area contributed by atoms with E-state index in [4.69, 9.17) is 4.74 Å². The van der Waals surface area contributed by atoms with Crippen molar-refractivity contribution in [2.75, 3.05) is 19.0 Å². The monoisotopic (exact) mass is 471 g/mol. The predicted molar refractivity (Wildman–Crippen MR) is 123 cm³/mol. The summed E-state index contributed by atoms with van der Waals surface area (Å²) in [7, 11) is 1.23. The summed E-state index contributed by atoms with van der Waals surface area (Å²) in [5, 5.41) is 23.0. The Morgan fingerprint density at radius 2 is 1.94 bits per heavy atom. The second-order valence-electron chi connectivity index (χ2n) is 7.44. The lowest BCUT2D eigenvalue weighted by Gasteiger charge is -2.13. The molecule has 3 rings (SSSR count). The number of aromatic hydroxyl groups is 1. The number of carbonyl (C=O) groups is 3. The van der Waals surface area contributed by atoms with Crippen LogP contribution < -0.4 is 10.1 Å². The molecule has 1 saturated heterocycles. The number of anilines is 1. The van der Waals surface area contributed by atoms with Gasteiger partial charge in [-0.3, -0.25) is 29.4 Å². The van der Waals surface area contributed by atoms with Crippen molar-refractivity contribution in [3.63, 3.8) is 0 Å². The number of nitrogens with zero attached hydrogens (tertiary/aromatic N) is 2. The van der Waals surface area contributed by atoms with Crippen molar-refractivity contribution in [1.82, 2.24) is 4.90 Å². The van der Waals surface area contributed by atoms with E-state index in [0.717, 1.165) is 16.5 Å². The van der Waals surface area contributed by atoms with Gasteiger partial charge in [0.1, 0.15) is 6.54 Å². The number of nitro groups is 1. The molecule has 1 aliphatic heterocycles. The van der Waals surface area contributed by atoms with Crippen LogP contribution in [0.3, 0.4) is 0 Å².